The number of thiophene rings is 1. The number of nitrogens with zero attached hydrogens (tertiary/aromatic N) is 1. The zero-order valence-corrected chi connectivity index (χ0v) is 15.4. The summed E-state index contributed by atoms with van der Waals surface area (Å²) in [6, 6.07) is 1.95. The topological polar surface area (TPSA) is 56.7 Å². The van der Waals surface area contributed by atoms with Gasteiger partial charge in [-0.2, -0.15) is 11.3 Å². The quantitative estimate of drug-likeness (QED) is 0.398. The van der Waals surface area contributed by atoms with E-state index in [1.165, 1.54) is 12.8 Å². The Labute approximate surface area is 142 Å². The molecule has 6 heteroatoms. The van der Waals surface area contributed by atoms with Gasteiger partial charge in [0.25, 0.3) is 0 Å². The summed E-state index contributed by atoms with van der Waals surface area (Å²) in [4.78, 5) is 4.19. The van der Waals surface area contributed by atoms with Crippen molar-refractivity contribution in [2.45, 2.75) is 32.3 Å². The second-order valence-corrected chi connectivity index (χ2v) is 6.66. The Balaban J connectivity index is 0.00000200. The highest BCUT2D eigenvalue weighted by molar-refractivity contribution is 14.0. The van der Waals surface area contributed by atoms with Crippen molar-refractivity contribution in [3.05, 3.63) is 22.4 Å². The fraction of sp³-hybridized carbons (Fsp3) is 0.643. The molecule has 0 bridgehead atoms. The third-order valence-electron chi connectivity index (χ3n) is 3.75. The maximum atomic E-state index is 10.4. The van der Waals surface area contributed by atoms with Crippen LogP contribution >= 0.6 is 35.3 Å². The summed E-state index contributed by atoms with van der Waals surface area (Å²) in [5.74, 6) is 0.753. The van der Waals surface area contributed by atoms with Crippen molar-refractivity contribution in [3.63, 3.8) is 0 Å². The molecule has 3 N–H and O–H groups in total. The zero-order valence-electron chi connectivity index (χ0n) is 12.3. The minimum atomic E-state index is -0.874. The molecule has 114 valence electrons. The molecule has 0 spiro atoms. The predicted molar refractivity (Wildman–Crippen MR) is 96.0 cm³/mol. The van der Waals surface area contributed by atoms with Gasteiger partial charge in [-0.25, -0.2) is 0 Å². The van der Waals surface area contributed by atoms with E-state index in [-0.39, 0.29) is 24.0 Å². The van der Waals surface area contributed by atoms with Crippen LogP contribution in [0.1, 0.15) is 32.3 Å². The van der Waals surface area contributed by atoms with Crippen molar-refractivity contribution in [1.29, 1.82) is 0 Å². The van der Waals surface area contributed by atoms with Gasteiger partial charge in [0, 0.05) is 13.6 Å². The van der Waals surface area contributed by atoms with Crippen LogP contribution in [0.2, 0.25) is 0 Å². The van der Waals surface area contributed by atoms with Gasteiger partial charge >= 0.3 is 0 Å². The number of halogens is 1. The molecule has 1 aliphatic carbocycles. The normalized spacial score (nSPS) is 19.7. The van der Waals surface area contributed by atoms with E-state index in [0.29, 0.717) is 12.0 Å². The zero-order chi connectivity index (χ0) is 13.9. The minimum Gasteiger partial charge on any atom is -0.384 e. The van der Waals surface area contributed by atoms with Crippen LogP contribution < -0.4 is 10.6 Å². The average Bonchev–Trinajstić information content (AvgIpc) is 2.90. The lowest BCUT2D eigenvalue weighted by Crippen LogP contribution is -2.45. The predicted octanol–water partition coefficient (Wildman–Crippen LogP) is 2.54. The highest BCUT2D eigenvalue weighted by Gasteiger charge is 2.37. The van der Waals surface area contributed by atoms with Gasteiger partial charge in [0.1, 0.15) is 5.60 Å². The summed E-state index contributed by atoms with van der Waals surface area (Å²) in [6.07, 6.45) is 2.56. The van der Waals surface area contributed by atoms with Gasteiger partial charge in [-0.1, -0.05) is 6.92 Å². The van der Waals surface area contributed by atoms with E-state index in [9.17, 15) is 5.11 Å². The van der Waals surface area contributed by atoms with E-state index in [0.717, 1.165) is 18.1 Å². The summed E-state index contributed by atoms with van der Waals surface area (Å²) in [5.41, 5.74) is 0.504. The molecule has 0 aromatic carbocycles. The molecule has 1 heterocycles. The molecule has 1 saturated carbocycles. The van der Waals surface area contributed by atoms with Crippen molar-refractivity contribution in [2.75, 3.05) is 20.1 Å². The molecule has 4 nitrogen and oxygen atoms in total. The number of aliphatic imine (C=N–C) groups is 1. The molecule has 1 aromatic rings. The van der Waals surface area contributed by atoms with Crippen molar-refractivity contribution < 1.29 is 5.11 Å². The van der Waals surface area contributed by atoms with Crippen molar-refractivity contribution >= 4 is 41.3 Å². The van der Waals surface area contributed by atoms with Crippen molar-refractivity contribution in [2.24, 2.45) is 10.4 Å². The minimum absolute atomic E-state index is 0. The molecule has 0 radical (unpaired) electrons. The van der Waals surface area contributed by atoms with E-state index in [1.807, 2.05) is 23.8 Å². The third-order valence-corrected chi connectivity index (χ3v) is 4.44. The smallest absolute Gasteiger partial charge is 0.191 e. The Hall–Kier alpha value is -0.340. The van der Waals surface area contributed by atoms with Crippen LogP contribution in [-0.4, -0.2) is 31.2 Å². The fourth-order valence-electron chi connectivity index (χ4n) is 1.84. The Bertz CT molecular complexity index is 441. The maximum Gasteiger partial charge on any atom is 0.191 e. The summed E-state index contributed by atoms with van der Waals surface area (Å²) in [5, 5.41) is 20.9. The number of rotatable bonds is 5. The monoisotopic (exact) mass is 409 g/mol. The number of nitrogens with one attached hydrogen (secondary N) is 2. The number of hydrogen-bond donors (Lipinski definition) is 3. The molecule has 1 unspecified atom stereocenters. The highest BCUT2D eigenvalue weighted by atomic mass is 127. The van der Waals surface area contributed by atoms with E-state index in [1.54, 1.807) is 18.4 Å². The van der Waals surface area contributed by atoms with Crippen molar-refractivity contribution in [1.82, 2.24) is 10.6 Å². The van der Waals surface area contributed by atoms with Crippen LogP contribution in [0.5, 0.6) is 0 Å². The standard InChI is InChI=1S/C14H23N3OS.HI/c1-13(5-6-13)9-16-12(15-3)17-10-14(2,18)11-4-7-19-8-11;/h4,7-8,18H,5-6,9-10H2,1-3H3,(H2,15,16,17);1H. The van der Waals surface area contributed by atoms with E-state index < -0.39 is 5.60 Å². The van der Waals surface area contributed by atoms with Crippen LogP contribution in [0, 0.1) is 5.41 Å². The van der Waals surface area contributed by atoms with Gasteiger partial charge in [-0.15, -0.1) is 24.0 Å². The molecule has 0 aliphatic heterocycles. The molecule has 1 aliphatic rings. The first-order chi connectivity index (χ1) is 8.95. The highest BCUT2D eigenvalue weighted by Crippen LogP contribution is 2.43. The lowest BCUT2D eigenvalue weighted by molar-refractivity contribution is 0.0621. The number of aliphatic hydroxyl groups is 1. The van der Waals surface area contributed by atoms with Gasteiger partial charge in [0.2, 0.25) is 0 Å². The molecule has 1 fully saturated rings. The Morgan fingerprint density at radius 1 is 1.50 bits per heavy atom. The lowest BCUT2D eigenvalue weighted by atomic mass is 9.99. The van der Waals surface area contributed by atoms with Crippen molar-refractivity contribution in [3.8, 4) is 0 Å². The molecular weight excluding hydrogens is 385 g/mol. The first-order valence-corrected chi connectivity index (χ1v) is 7.59. The summed E-state index contributed by atoms with van der Waals surface area (Å²) in [7, 11) is 1.75. The van der Waals surface area contributed by atoms with E-state index in [4.69, 9.17) is 0 Å². The van der Waals surface area contributed by atoms with Gasteiger partial charge in [-0.05, 0) is 47.6 Å². The Morgan fingerprint density at radius 2 is 2.20 bits per heavy atom. The average molecular weight is 409 g/mol. The largest absolute Gasteiger partial charge is 0.384 e. The van der Waals surface area contributed by atoms with Crippen LogP contribution in [0.4, 0.5) is 0 Å². The van der Waals surface area contributed by atoms with Gasteiger partial charge in [-0.3, -0.25) is 4.99 Å². The second-order valence-electron chi connectivity index (χ2n) is 5.88. The Morgan fingerprint density at radius 3 is 2.70 bits per heavy atom. The van der Waals surface area contributed by atoms with Crippen LogP contribution in [0.3, 0.4) is 0 Å². The molecule has 1 atom stereocenters. The lowest BCUT2D eigenvalue weighted by Gasteiger charge is -2.24. The van der Waals surface area contributed by atoms with Gasteiger partial charge < -0.3 is 15.7 Å². The second kappa shape index (κ2) is 7.09. The van der Waals surface area contributed by atoms with E-state index in [2.05, 4.69) is 22.5 Å². The van der Waals surface area contributed by atoms with Crippen LogP contribution in [0.25, 0.3) is 0 Å². The first-order valence-electron chi connectivity index (χ1n) is 6.65. The van der Waals surface area contributed by atoms with Gasteiger partial charge in [0.05, 0.1) is 6.54 Å². The molecule has 2 rings (SSSR count). The van der Waals surface area contributed by atoms with E-state index >= 15 is 0 Å². The SMILES string of the molecule is CN=C(NCC1(C)CC1)NCC(C)(O)c1ccsc1.I. The van der Waals surface area contributed by atoms with Crippen LogP contribution in [-0.2, 0) is 5.60 Å². The first kappa shape index (κ1) is 17.7. The van der Waals surface area contributed by atoms with Crippen LogP contribution in [0.15, 0.2) is 21.8 Å². The molecule has 0 saturated heterocycles. The molecule has 1 aromatic heterocycles. The summed E-state index contributed by atoms with van der Waals surface area (Å²) < 4.78 is 0. The summed E-state index contributed by atoms with van der Waals surface area (Å²) in [6.45, 7) is 5.47. The summed E-state index contributed by atoms with van der Waals surface area (Å²) >= 11 is 1.59. The maximum absolute atomic E-state index is 10.4. The molecule has 20 heavy (non-hydrogen) atoms. The van der Waals surface area contributed by atoms with Gasteiger partial charge in [0.15, 0.2) is 5.96 Å². The Kier molecular flexibility index (Phi) is 6.27. The number of guanidine groups is 1. The molecule has 0 amide bonds. The number of hydrogen-bond acceptors (Lipinski definition) is 3. The molecular formula is C14H24IN3OS. The fourth-order valence-corrected chi connectivity index (χ4v) is 2.62. The third kappa shape index (κ3) is 4.89.